The summed E-state index contributed by atoms with van der Waals surface area (Å²) in [7, 11) is 0. The molecule has 41 heavy (non-hydrogen) atoms. The van der Waals surface area contributed by atoms with Crippen molar-refractivity contribution in [2.75, 3.05) is 13.2 Å². The van der Waals surface area contributed by atoms with E-state index in [1.807, 2.05) is 6.07 Å². The molecule has 1 saturated heterocycles. The second kappa shape index (κ2) is 12.3. The number of amides is 1. The molecule has 2 aromatic rings. The normalized spacial score (nSPS) is 21.5. The maximum atomic E-state index is 14.9. The molecule has 4 rings (SSSR count). The van der Waals surface area contributed by atoms with Gasteiger partial charge in [-0.3, -0.25) is 9.69 Å². The lowest BCUT2D eigenvalue weighted by atomic mass is 9.97. The average Bonchev–Trinajstić information content (AvgIpc) is 3.45. The number of hydrogen-bond acceptors (Lipinski definition) is 8. The first kappa shape index (κ1) is 30.1. The third-order valence-electron chi connectivity index (χ3n) is 7.16. The predicted octanol–water partition coefficient (Wildman–Crippen LogP) is 4.52. The summed E-state index contributed by atoms with van der Waals surface area (Å²) in [6.45, 7) is 8.36. The number of hydrogen-bond donors (Lipinski definition) is 0. The molecular weight excluding hydrogens is 535 g/mol. The zero-order valence-electron chi connectivity index (χ0n) is 24.1. The van der Waals surface area contributed by atoms with Crippen LogP contribution in [0.15, 0.2) is 41.3 Å². The smallest absolute Gasteiger partial charge is 0.410 e. The Balaban J connectivity index is 1.81. The van der Waals surface area contributed by atoms with Crippen LogP contribution in [0.25, 0.3) is 0 Å². The maximum absolute atomic E-state index is 14.9. The van der Waals surface area contributed by atoms with Crippen molar-refractivity contribution in [2.45, 2.75) is 84.5 Å². The van der Waals surface area contributed by atoms with Crippen LogP contribution in [0.4, 0.5) is 9.18 Å². The summed E-state index contributed by atoms with van der Waals surface area (Å²) >= 11 is 0. The number of piperidine rings is 1. The molecule has 4 atom stereocenters. The summed E-state index contributed by atoms with van der Waals surface area (Å²) in [6.07, 6.45) is 0.0338. The monoisotopic (exact) mass is 572 g/mol. The lowest BCUT2D eigenvalue weighted by molar-refractivity contribution is -0.00698. The van der Waals surface area contributed by atoms with Gasteiger partial charge < -0.3 is 23.5 Å². The van der Waals surface area contributed by atoms with Crippen molar-refractivity contribution in [3.8, 4) is 5.75 Å². The molecule has 11 heteroatoms. The van der Waals surface area contributed by atoms with Gasteiger partial charge in [-0.15, -0.1) is 0 Å². The molecule has 1 aromatic heterocycles. The van der Waals surface area contributed by atoms with Crippen molar-refractivity contribution in [1.29, 1.82) is 0 Å². The fourth-order valence-corrected chi connectivity index (χ4v) is 5.51. The van der Waals surface area contributed by atoms with E-state index in [0.29, 0.717) is 6.42 Å². The highest BCUT2D eigenvalue weighted by Crippen LogP contribution is 2.45. The minimum absolute atomic E-state index is 0.0203. The van der Waals surface area contributed by atoms with Crippen LogP contribution in [0.3, 0.4) is 0 Å². The lowest BCUT2D eigenvalue weighted by Gasteiger charge is -2.38. The number of aromatic nitrogens is 1. The van der Waals surface area contributed by atoms with E-state index in [0.717, 1.165) is 5.56 Å². The van der Waals surface area contributed by atoms with Gasteiger partial charge in [-0.2, -0.15) is 0 Å². The number of esters is 2. The molecule has 1 aromatic carbocycles. The van der Waals surface area contributed by atoms with Gasteiger partial charge in [0.25, 0.3) is 0 Å². The molecular formula is C30H37FN2O8. The molecule has 0 N–H and O–H groups in total. The van der Waals surface area contributed by atoms with E-state index in [4.69, 9.17) is 18.9 Å². The number of nitrogens with zero attached hydrogens (tertiary/aromatic N) is 2. The van der Waals surface area contributed by atoms with Gasteiger partial charge in [0.05, 0.1) is 25.3 Å². The van der Waals surface area contributed by atoms with E-state index < -0.39 is 47.3 Å². The number of likely N-dealkylation sites (tertiary alicyclic amines) is 1. The molecule has 1 amide bonds. The molecule has 0 radical (unpaired) electrons. The first-order valence-corrected chi connectivity index (χ1v) is 13.9. The standard InChI is InChI=1S/C30H37FN2O8/c1-6-38-27(35)20-15-32(16-23-19-13-21(31)22(14-19)33(23)29(37)41-30(3,4)5)24(28(36)39-7-2)26(25(20)34)40-17-18-11-9-8-10-12-18/h8-12,15,19,21-23H,6-7,13-14,16-17H2,1-5H3/t19-,21-,22?,23+/m1/s1. The van der Waals surface area contributed by atoms with Gasteiger partial charge >= 0.3 is 18.0 Å². The van der Waals surface area contributed by atoms with Crippen LogP contribution in [0.5, 0.6) is 5.75 Å². The van der Waals surface area contributed by atoms with Gasteiger partial charge in [-0.25, -0.2) is 18.8 Å². The topological polar surface area (TPSA) is 113 Å². The highest BCUT2D eigenvalue weighted by molar-refractivity contribution is 5.94. The molecule has 222 valence electrons. The number of rotatable bonds is 9. The van der Waals surface area contributed by atoms with Gasteiger partial charge in [0.15, 0.2) is 11.4 Å². The van der Waals surface area contributed by atoms with Crippen molar-refractivity contribution in [1.82, 2.24) is 9.47 Å². The Hall–Kier alpha value is -3.89. The minimum atomic E-state index is -1.21. The average molecular weight is 573 g/mol. The highest BCUT2D eigenvalue weighted by atomic mass is 19.1. The van der Waals surface area contributed by atoms with Gasteiger partial charge in [-0.05, 0) is 58.9 Å². The predicted molar refractivity (Wildman–Crippen MR) is 147 cm³/mol. The van der Waals surface area contributed by atoms with Crippen LogP contribution in [0, 0.1) is 5.92 Å². The third kappa shape index (κ3) is 6.55. The number of ether oxygens (including phenoxy) is 4. The molecule has 1 unspecified atom stereocenters. The van der Waals surface area contributed by atoms with E-state index in [9.17, 15) is 23.6 Å². The molecule has 10 nitrogen and oxygen atoms in total. The Labute approximate surface area is 238 Å². The summed E-state index contributed by atoms with van der Waals surface area (Å²) in [6, 6.07) is 7.76. The van der Waals surface area contributed by atoms with E-state index in [-0.39, 0.29) is 55.7 Å². The molecule has 1 aliphatic carbocycles. The van der Waals surface area contributed by atoms with Crippen molar-refractivity contribution in [2.24, 2.45) is 5.92 Å². The van der Waals surface area contributed by atoms with Gasteiger partial charge in [0.1, 0.15) is 23.9 Å². The van der Waals surface area contributed by atoms with Crippen LogP contribution >= 0.6 is 0 Å². The van der Waals surface area contributed by atoms with Crippen molar-refractivity contribution >= 4 is 18.0 Å². The van der Waals surface area contributed by atoms with E-state index in [1.54, 1.807) is 58.9 Å². The Morgan fingerprint density at radius 3 is 2.29 bits per heavy atom. The maximum Gasteiger partial charge on any atom is 0.410 e. The number of benzene rings is 1. The summed E-state index contributed by atoms with van der Waals surface area (Å²) in [5.74, 6) is -2.31. The summed E-state index contributed by atoms with van der Waals surface area (Å²) in [5, 5.41) is 0. The number of carbonyl (C=O) groups is 3. The SMILES string of the molecule is CCOC(=O)c1cn(C[C@H]2[C@H]3CC([C@H](F)C3)N2C(=O)OC(C)(C)C)c(C(=O)OCC)c(OCc2ccccc2)c1=O. The van der Waals surface area contributed by atoms with E-state index >= 15 is 0 Å². The van der Waals surface area contributed by atoms with Crippen molar-refractivity contribution in [3.05, 3.63) is 63.6 Å². The van der Waals surface area contributed by atoms with Gasteiger partial charge in [0, 0.05) is 12.7 Å². The van der Waals surface area contributed by atoms with Crippen molar-refractivity contribution < 1.29 is 37.7 Å². The van der Waals surface area contributed by atoms with Gasteiger partial charge in [-0.1, -0.05) is 30.3 Å². The first-order valence-electron chi connectivity index (χ1n) is 13.9. The Kier molecular flexibility index (Phi) is 9.04. The molecule has 0 spiro atoms. The van der Waals surface area contributed by atoms with Crippen molar-refractivity contribution in [3.63, 3.8) is 0 Å². The number of halogens is 1. The second-order valence-corrected chi connectivity index (χ2v) is 11.2. The molecule has 2 heterocycles. The number of pyridine rings is 1. The zero-order chi connectivity index (χ0) is 29.9. The van der Waals surface area contributed by atoms with Crippen LogP contribution in [-0.4, -0.2) is 64.6 Å². The molecule has 2 bridgehead atoms. The van der Waals surface area contributed by atoms with E-state index in [2.05, 4.69) is 0 Å². The number of alkyl halides is 1. The number of carbonyl (C=O) groups excluding carboxylic acids is 3. The van der Waals surface area contributed by atoms with Crippen LogP contribution in [-0.2, 0) is 27.4 Å². The fourth-order valence-electron chi connectivity index (χ4n) is 5.51. The van der Waals surface area contributed by atoms with Crippen LogP contribution in [0.1, 0.15) is 73.9 Å². The van der Waals surface area contributed by atoms with Crippen LogP contribution in [0.2, 0.25) is 0 Å². The summed E-state index contributed by atoms with van der Waals surface area (Å²) in [5.41, 5.74) is -1.44. The number of fused-ring (bicyclic) bond motifs is 2. The summed E-state index contributed by atoms with van der Waals surface area (Å²) < 4.78 is 38.2. The largest absolute Gasteiger partial charge is 0.482 e. The van der Waals surface area contributed by atoms with Crippen LogP contribution < -0.4 is 10.2 Å². The Bertz CT molecular complexity index is 1340. The first-order chi connectivity index (χ1) is 19.4. The minimum Gasteiger partial charge on any atom is -0.482 e. The molecule has 2 fully saturated rings. The highest BCUT2D eigenvalue weighted by Gasteiger charge is 2.54. The Morgan fingerprint density at radius 2 is 1.66 bits per heavy atom. The zero-order valence-corrected chi connectivity index (χ0v) is 24.1. The van der Waals surface area contributed by atoms with E-state index in [1.165, 1.54) is 15.7 Å². The Morgan fingerprint density at radius 1 is 1.00 bits per heavy atom. The summed E-state index contributed by atoms with van der Waals surface area (Å²) in [4.78, 5) is 54.3. The van der Waals surface area contributed by atoms with Gasteiger partial charge in [0.2, 0.25) is 5.43 Å². The lowest BCUT2D eigenvalue weighted by Crippen LogP contribution is -2.52. The molecule has 2 aliphatic rings. The molecule has 1 aliphatic heterocycles. The third-order valence-corrected chi connectivity index (χ3v) is 7.16. The second-order valence-electron chi connectivity index (χ2n) is 11.2. The molecule has 1 saturated carbocycles. The fraction of sp³-hybridized carbons (Fsp3) is 0.533. The quantitative estimate of drug-likeness (QED) is 0.319.